The number of methoxy groups -OCH3 is 1. The van der Waals surface area contributed by atoms with Gasteiger partial charge in [-0.15, -0.1) is 0 Å². The van der Waals surface area contributed by atoms with Crippen LogP contribution in [0.15, 0.2) is 65.6 Å². The number of halogens is 1. The van der Waals surface area contributed by atoms with Gasteiger partial charge in [-0.25, -0.2) is 12.8 Å². The summed E-state index contributed by atoms with van der Waals surface area (Å²) in [5.41, 5.74) is 2.37. The summed E-state index contributed by atoms with van der Waals surface area (Å²) in [5.74, 6) is -0.882. The zero-order chi connectivity index (χ0) is 21.9. The number of hydrogen-bond donors (Lipinski definition) is 2. The number of hydrogen-bond acceptors (Lipinski definition) is 4. The van der Waals surface area contributed by atoms with E-state index in [1.807, 2.05) is 13.0 Å². The SMILES string of the molecule is COc1cc(F)ccc1NC(=O)c1cc(S(=O)(=O)Nc2cccc(C)c2)ccc1C. The Kier molecular flexibility index (Phi) is 6.07. The Morgan fingerprint density at radius 3 is 2.47 bits per heavy atom. The number of amides is 1. The number of aryl methyl sites for hydroxylation is 2. The molecule has 3 aromatic rings. The van der Waals surface area contributed by atoms with E-state index in [1.165, 1.54) is 31.4 Å². The summed E-state index contributed by atoms with van der Waals surface area (Å²) in [6, 6.07) is 15.0. The second-order valence-electron chi connectivity index (χ2n) is 6.75. The minimum Gasteiger partial charge on any atom is -0.494 e. The van der Waals surface area contributed by atoms with Gasteiger partial charge in [0.05, 0.1) is 17.7 Å². The molecule has 0 saturated heterocycles. The van der Waals surface area contributed by atoms with Crippen LogP contribution in [0.1, 0.15) is 21.5 Å². The molecule has 0 aliphatic heterocycles. The Morgan fingerprint density at radius 2 is 1.77 bits per heavy atom. The molecule has 0 radical (unpaired) electrons. The number of carbonyl (C=O) groups excluding carboxylic acids is 1. The fraction of sp³-hybridized carbons (Fsp3) is 0.136. The molecule has 6 nitrogen and oxygen atoms in total. The van der Waals surface area contributed by atoms with Crippen molar-refractivity contribution >= 4 is 27.3 Å². The first-order valence-corrected chi connectivity index (χ1v) is 10.5. The summed E-state index contributed by atoms with van der Waals surface area (Å²) in [7, 11) is -2.54. The molecular weight excluding hydrogens is 407 g/mol. The molecule has 0 saturated carbocycles. The number of ether oxygens (including phenoxy) is 1. The second-order valence-corrected chi connectivity index (χ2v) is 8.43. The van der Waals surface area contributed by atoms with Gasteiger partial charge in [0.15, 0.2) is 0 Å². The first-order valence-electron chi connectivity index (χ1n) is 9.04. The predicted molar refractivity (Wildman–Crippen MR) is 114 cm³/mol. The molecule has 0 unspecified atom stereocenters. The molecule has 0 heterocycles. The molecule has 156 valence electrons. The maximum absolute atomic E-state index is 13.4. The summed E-state index contributed by atoms with van der Waals surface area (Å²) in [6.45, 7) is 3.55. The molecule has 0 bridgehead atoms. The van der Waals surface area contributed by atoms with Crippen LogP contribution < -0.4 is 14.8 Å². The smallest absolute Gasteiger partial charge is 0.261 e. The van der Waals surface area contributed by atoms with Gasteiger partial charge in [-0.1, -0.05) is 18.2 Å². The maximum atomic E-state index is 13.4. The van der Waals surface area contributed by atoms with E-state index < -0.39 is 21.7 Å². The summed E-state index contributed by atoms with van der Waals surface area (Å²) in [4.78, 5) is 12.7. The van der Waals surface area contributed by atoms with E-state index in [0.717, 1.165) is 11.6 Å². The van der Waals surface area contributed by atoms with E-state index in [9.17, 15) is 17.6 Å². The van der Waals surface area contributed by atoms with Crippen molar-refractivity contribution in [3.63, 3.8) is 0 Å². The van der Waals surface area contributed by atoms with E-state index in [1.54, 1.807) is 31.2 Å². The van der Waals surface area contributed by atoms with Gasteiger partial charge in [-0.2, -0.15) is 0 Å². The van der Waals surface area contributed by atoms with Gasteiger partial charge < -0.3 is 10.1 Å². The van der Waals surface area contributed by atoms with Crippen LogP contribution in [0.4, 0.5) is 15.8 Å². The van der Waals surface area contributed by atoms with Crippen molar-refractivity contribution in [3.8, 4) is 5.75 Å². The Labute approximate surface area is 174 Å². The standard InChI is InChI=1S/C22H21FN2O4S/c1-14-5-4-6-17(11-14)25-30(27,28)18-9-7-15(2)19(13-18)22(26)24-20-10-8-16(23)12-21(20)29-3/h4-13,25H,1-3H3,(H,24,26). The first kappa shape index (κ1) is 21.3. The molecule has 3 rings (SSSR count). The average molecular weight is 428 g/mol. The van der Waals surface area contributed by atoms with Crippen molar-refractivity contribution in [1.82, 2.24) is 0 Å². The summed E-state index contributed by atoms with van der Waals surface area (Å²) < 4.78 is 46.6. The quantitative estimate of drug-likeness (QED) is 0.605. The highest BCUT2D eigenvalue weighted by atomic mass is 32.2. The highest BCUT2D eigenvalue weighted by Crippen LogP contribution is 2.26. The highest BCUT2D eigenvalue weighted by Gasteiger charge is 2.19. The van der Waals surface area contributed by atoms with Crippen LogP contribution in [-0.2, 0) is 10.0 Å². The molecule has 0 fully saturated rings. The molecule has 1 amide bonds. The lowest BCUT2D eigenvalue weighted by molar-refractivity contribution is 0.102. The van der Waals surface area contributed by atoms with Crippen molar-refractivity contribution in [3.05, 3.63) is 83.2 Å². The van der Waals surface area contributed by atoms with Crippen LogP contribution >= 0.6 is 0 Å². The number of anilines is 2. The minimum absolute atomic E-state index is 0.0502. The summed E-state index contributed by atoms with van der Waals surface area (Å²) >= 11 is 0. The largest absolute Gasteiger partial charge is 0.494 e. The zero-order valence-corrected chi connectivity index (χ0v) is 17.5. The van der Waals surface area contributed by atoms with Crippen LogP contribution in [0.5, 0.6) is 5.75 Å². The molecule has 0 aromatic heterocycles. The summed E-state index contributed by atoms with van der Waals surface area (Å²) in [5, 5.41) is 2.64. The van der Waals surface area contributed by atoms with Gasteiger partial charge in [0.25, 0.3) is 15.9 Å². The molecule has 3 aromatic carbocycles. The second kappa shape index (κ2) is 8.54. The molecule has 30 heavy (non-hydrogen) atoms. The lowest BCUT2D eigenvalue weighted by atomic mass is 10.1. The maximum Gasteiger partial charge on any atom is 0.261 e. The number of sulfonamides is 1. The Bertz CT molecular complexity index is 1210. The van der Waals surface area contributed by atoms with Gasteiger partial charge in [0.1, 0.15) is 11.6 Å². The number of rotatable bonds is 6. The number of nitrogens with one attached hydrogen (secondary N) is 2. The van der Waals surface area contributed by atoms with Crippen molar-refractivity contribution in [2.24, 2.45) is 0 Å². The van der Waals surface area contributed by atoms with Crippen LogP contribution in [0.25, 0.3) is 0 Å². The molecule has 2 N–H and O–H groups in total. The summed E-state index contributed by atoms with van der Waals surface area (Å²) in [6.07, 6.45) is 0. The fourth-order valence-electron chi connectivity index (χ4n) is 2.89. The van der Waals surface area contributed by atoms with E-state index >= 15 is 0 Å². The lowest BCUT2D eigenvalue weighted by Crippen LogP contribution is -2.17. The predicted octanol–water partition coefficient (Wildman–Crippen LogP) is 4.50. The molecule has 0 aliphatic rings. The van der Waals surface area contributed by atoms with Gasteiger partial charge in [0.2, 0.25) is 0 Å². The average Bonchev–Trinajstić information content (AvgIpc) is 2.69. The zero-order valence-electron chi connectivity index (χ0n) is 16.7. The highest BCUT2D eigenvalue weighted by molar-refractivity contribution is 7.92. The third kappa shape index (κ3) is 4.77. The molecule has 0 atom stereocenters. The van der Waals surface area contributed by atoms with Gasteiger partial charge in [-0.05, 0) is 61.4 Å². The van der Waals surface area contributed by atoms with E-state index in [0.29, 0.717) is 11.3 Å². The van der Waals surface area contributed by atoms with Crippen molar-refractivity contribution in [2.75, 3.05) is 17.1 Å². The Hall–Kier alpha value is -3.39. The fourth-order valence-corrected chi connectivity index (χ4v) is 3.97. The molecule has 8 heteroatoms. The van der Waals surface area contributed by atoms with Crippen LogP contribution in [-0.4, -0.2) is 21.4 Å². The van der Waals surface area contributed by atoms with Gasteiger partial charge in [-0.3, -0.25) is 9.52 Å². The molecular formula is C22H21FN2O4S. The third-order valence-electron chi connectivity index (χ3n) is 4.45. The van der Waals surface area contributed by atoms with E-state index in [2.05, 4.69) is 10.0 Å². The van der Waals surface area contributed by atoms with Gasteiger partial charge in [0, 0.05) is 17.3 Å². The third-order valence-corrected chi connectivity index (χ3v) is 5.82. The first-order chi connectivity index (χ1) is 14.2. The Balaban J connectivity index is 1.90. The molecule has 0 spiro atoms. The lowest BCUT2D eigenvalue weighted by Gasteiger charge is -2.13. The Morgan fingerprint density at radius 1 is 1.00 bits per heavy atom. The number of carbonyl (C=O) groups is 1. The van der Waals surface area contributed by atoms with Crippen LogP contribution in [0, 0.1) is 19.7 Å². The monoisotopic (exact) mass is 428 g/mol. The van der Waals surface area contributed by atoms with Crippen molar-refractivity contribution < 1.29 is 22.3 Å². The molecule has 0 aliphatic carbocycles. The van der Waals surface area contributed by atoms with Gasteiger partial charge >= 0.3 is 0 Å². The van der Waals surface area contributed by atoms with Crippen molar-refractivity contribution in [2.45, 2.75) is 18.7 Å². The van der Waals surface area contributed by atoms with Crippen LogP contribution in [0.2, 0.25) is 0 Å². The van der Waals surface area contributed by atoms with E-state index in [4.69, 9.17) is 4.74 Å². The van der Waals surface area contributed by atoms with E-state index in [-0.39, 0.29) is 21.9 Å². The normalized spacial score (nSPS) is 11.1. The van der Waals surface area contributed by atoms with Crippen LogP contribution in [0.3, 0.4) is 0 Å². The minimum atomic E-state index is -3.90. The topological polar surface area (TPSA) is 84.5 Å². The van der Waals surface area contributed by atoms with Crippen molar-refractivity contribution in [1.29, 1.82) is 0 Å². The number of benzene rings is 3.